The van der Waals surface area contributed by atoms with Crippen LogP contribution in [-0.2, 0) is 11.2 Å². The first kappa shape index (κ1) is 16.9. The number of nitrogens with zero attached hydrogens (tertiary/aromatic N) is 1. The van der Waals surface area contributed by atoms with E-state index in [1.807, 2.05) is 30.3 Å². The molecule has 0 aliphatic carbocycles. The predicted molar refractivity (Wildman–Crippen MR) is 90.0 cm³/mol. The van der Waals surface area contributed by atoms with Gasteiger partial charge in [-0.15, -0.1) is 0 Å². The number of amides is 1. The predicted octanol–water partition coefficient (Wildman–Crippen LogP) is 2.87. The molecule has 1 heterocycles. The topological polar surface area (TPSA) is 75.4 Å². The fourth-order valence-electron chi connectivity index (χ4n) is 2.37. The maximum Gasteiger partial charge on any atom is 0.226 e. The summed E-state index contributed by atoms with van der Waals surface area (Å²) >= 11 is 0. The van der Waals surface area contributed by atoms with Gasteiger partial charge in [0.2, 0.25) is 11.8 Å². The number of hydrogen-bond donors (Lipinski definition) is 2. The summed E-state index contributed by atoms with van der Waals surface area (Å²) in [6, 6.07) is 15.0. The number of halogens is 1. The molecule has 1 atom stereocenters. The van der Waals surface area contributed by atoms with E-state index in [4.69, 9.17) is 4.42 Å². The Balaban J connectivity index is 1.54. The van der Waals surface area contributed by atoms with Crippen molar-refractivity contribution in [2.75, 3.05) is 6.54 Å². The molecule has 5 nitrogen and oxygen atoms in total. The van der Waals surface area contributed by atoms with Crippen LogP contribution < -0.4 is 5.32 Å². The second kappa shape index (κ2) is 7.72. The molecule has 3 aromatic rings. The quantitative estimate of drug-likeness (QED) is 0.723. The number of carbonyl (C=O) groups is 1. The molecule has 0 fully saturated rings. The summed E-state index contributed by atoms with van der Waals surface area (Å²) in [6.45, 7) is -0.00825. The Bertz CT molecular complexity index is 849. The fourth-order valence-corrected chi connectivity index (χ4v) is 2.37. The Morgan fingerprint density at radius 1 is 1.20 bits per heavy atom. The molecule has 1 unspecified atom stereocenters. The van der Waals surface area contributed by atoms with Gasteiger partial charge in [0.05, 0.1) is 18.2 Å². The Hall–Kier alpha value is -2.99. The minimum Gasteiger partial charge on any atom is -0.444 e. The van der Waals surface area contributed by atoms with Crippen LogP contribution >= 0.6 is 0 Å². The first-order valence-corrected chi connectivity index (χ1v) is 7.82. The number of aliphatic hydroxyl groups excluding tert-OH is 1. The monoisotopic (exact) mass is 340 g/mol. The van der Waals surface area contributed by atoms with Crippen LogP contribution in [0, 0.1) is 5.82 Å². The van der Waals surface area contributed by atoms with Gasteiger partial charge in [0.1, 0.15) is 12.1 Å². The van der Waals surface area contributed by atoms with Crippen molar-refractivity contribution in [2.45, 2.75) is 12.5 Å². The van der Waals surface area contributed by atoms with E-state index in [1.54, 1.807) is 6.07 Å². The van der Waals surface area contributed by atoms with Crippen molar-refractivity contribution in [3.63, 3.8) is 0 Å². The van der Waals surface area contributed by atoms with Crippen molar-refractivity contribution < 1.29 is 18.7 Å². The smallest absolute Gasteiger partial charge is 0.226 e. The minimum atomic E-state index is -0.975. The van der Waals surface area contributed by atoms with Gasteiger partial charge in [-0.2, -0.15) is 0 Å². The summed E-state index contributed by atoms with van der Waals surface area (Å²) in [5.41, 5.74) is 1.74. The van der Waals surface area contributed by atoms with Crippen molar-refractivity contribution in [2.24, 2.45) is 0 Å². The van der Waals surface area contributed by atoms with Crippen molar-refractivity contribution in [1.82, 2.24) is 10.3 Å². The van der Waals surface area contributed by atoms with Crippen LogP contribution in [0.1, 0.15) is 17.4 Å². The number of carbonyl (C=O) groups excluding carboxylic acids is 1. The van der Waals surface area contributed by atoms with Gasteiger partial charge >= 0.3 is 0 Å². The maximum atomic E-state index is 13.1. The van der Waals surface area contributed by atoms with E-state index in [0.717, 1.165) is 5.56 Å². The lowest BCUT2D eigenvalue weighted by atomic mass is 10.1. The van der Waals surface area contributed by atoms with Gasteiger partial charge in [-0.25, -0.2) is 9.37 Å². The Labute approximate surface area is 144 Å². The number of rotatable bonds is 6. The average molecular weight is 340 g/mol. The number of nitrogens with one attached hydrogen (secondary N) is 1. The Morgan fingerprint density at radius 3 is 2.76 bits per heavy atom. The lowest BCUT2D eigenvalue weighted by molar-refractivity contribution is -0.120. The summed E-state index contributed by atoms with van der Waals surface area (Å²) in [5, 5.41) is 12.6. The summed E-state index contributed by atoms with van der Waals surface area (Å²) in [7, 11) is 0. The maximum absolute atomic E-state index is 13.1. The molecular weight excluding hydrogens is 323 g/mol. The van der Waals surface area contributed by atoms with Crippen LogP contribution in [0.15, 0.2) is 65.3 Å². The molecule has 0 aliphatic rings. The van der Waals surface area contributed by atoms with Crippen LogP contribution in [0.3, 0.4) is 0 Å². The van der Waals surface area contributed by atoms with Gasteiger partial charge in [-0.3, -0.25) is 4.79 Å². The average Bonchev–Trinajstić information content (AvgIpc) is 3.09. The SMILES string of the molecule is O=C(Cc1coc(-c2ccccc2)n1)NCC(O)c1cccc(F)c1. The van der Waals surface area contributed by atoms with Gasteiger partial charge in [0.25, 0.3) is 0 Å². The molecule has 0 radical (unpaired) electrons. The first-order chi connectivity index (χ1) is 12.1. The second-order valence-electron chi connectivity index (χ2n) is 5.56. The minimum absolute atomic E-state index is 0.00825. The molecule has 25 heavy (non-hydrogen) atoms. The summed E-state index contributed by atoms with van der Waals surface area (Å²) in [4.78, 5) is 16.3. The van der Waals surface area contributed by atoms with Crippen molar-refractivity contribution >= 4 is 5.91 Å². The molecule has 1 amide bonds. The van der Waals surface area contributed by atoms with E-state index in [0.29, 0.717) is 17.1 Å². The van der Waals surface area contributed by atoms with E-state index in [2.05, 4.69) is 10.3 Å². The normalized spacial score (nSPS) is 11.9. The lowest BCUT2D eigenvalue weighted by Crippen LogP contribution is -2.29. The van der Waals surface area contributed by atoms with E-state index in [-0.39, 0.29) is 18.9 Å². The van der Waals surface area contributed by atoms with Crippen LogP contribution in [0.25, 0.3) is 11.5 Å². The van der Waals surface area contributed by atoms with Gasteiger partial charge < -0.3 is 14.8 Å². The zero-order valence-electron chi connectivity index (χ0n) is 13.4. The van der Waals surface area contributed by atoms with Crippen molar-refractivity contribution in [1.29, 1.82) is 0 Å². The summed E-state index contributed by atoms with van der Waals surface area (Å²) in [5.74, 6) is -0.287. The molecule has 128 valence electrons. The van der Waals surface area contributed by atoms with E-state index >= 15 is 0 Å². The molecule has 2 aromatic carbocycles. The highest BCUT2D eigenvalue weighted by Gasteiger charge is 2.13. The highest BCUT2D eigenvalue weighted by atomic mass is 19.1. The molecule has 0 saturated carbocycles. The van der Waals surface area contributed by atoms with Gasteiger partial charge in [-0.05, 0) is 29.8 Å². The van der Waals surface area contributed by atoms with E-state index in [9.17, 15) is 14.3 Å². The summed E-state index contributed by atoms with van der Waals surface area (Å²) in [6.07, 6.45) is 0.494. The molecule has 1 aromatic heterocycles. The lowest BCUT2D eigenvalue weighted by Gasteiger charge is -2.12. The molecular formula is C19H17FN2O3. The second-order valence-corrected chi connectivity index (χ2v) is 5.56. The van der Waals surface area contributed by atoms with E-state index < -0.39 is 11.9 Å². The van der Waals surface area contributed by atoms with Crippen LogP contribution in [0.5, 0.6) is 0 Å². The molecule has 0 saturated heterocycles. The standard InChI is InChI=1S/C19H17FN2O3/c20-15-8-4-7-14(9-15)17(23)11-21-18(24)10-16-12-25-19(22-16)13-5-2-1-3-6-13/h1-9,12,17,23H,10-11H2,(H,21,24). The third kappa shape index (κ3) is 4.51. The number of oxazole rings is 1. The molecule has 0 aliphatic heterocycles. The summed E-state index contributed by atoms with van der Waals surface area (Å²) < 4.78 is 18.5. The molecule has 0 bridgehead atoms. The van der Waals surface area contributed by atoms with Crippen LogP contribution in [0.4, 0.5) is 4.39 Å². The zero-order valence-corrected chi connectivity index (χ0v) is 13.4. The first-order valence-electron chi connectivity index (χ1n) is 7.82. The highest BCUT2D eigenvalue weighted by molar-refractivity contribution is 5.78. The number of hydrogen-bond acceptors (Lipinski definition) is 4. The van der Waals surface area contributed by atoms with Crippen molar-refractivity contribution in [3.05, 3.63) is 77.9 Å². The number of benzene rings is 2. The molecule has 3 rings (SSSR count). The van der Waals surface area contributed by atoms with Gasteiger partial charge in [0.15, 0.2) is 0 Å². The van der Waals surface area contributed by atoms with Gasteiger partial charge in [0, 0.05) is 12.1 Å². The zero-order chi connectivity index (χ0) is 17.6. The Morgan fingerprint density at radius 2 is 2.00 bits per heavy atom. The van der Waals surface area contributed by atoms with E-state index in [1.165, 1.54) is 24.5 Å². The van der Waals surface area contributed by atoms with Gasteiger partial charge in [-0.1, -0.05) is 30.3 Å². The van der Waals surface area contributed by atoms with Crippen molar-refractivity contribution in [3.8, 4) is 11.5 Å². The number of aromatic nitrogens is 1. The fraction of sp³-hybridized carbons (Fsp3) is 0.158. The third-order valence-corrected chi connectivity index (χ3v) is 3.64. The molecule has 2 N–H and O–H groups in total. The largest absolute Gasteiger partial charge is 0.444 e. The highest BCUT2D eigenvalue weighted by Crippen LogP contribution is 2.18. The van der Waals surface area contributed by atoms with Crippen LogP contribution in [0.2, 0.25) is 0 Å². The molecule has 6 heteroatoms. The Kier molecular flexibility index (Phi) is 5.20. The molecule has 0 spiro atoms. The third-order valence-electron chi connectivity index (χ3n) is 3.64. The number of aliphatic hydroxyl groups is 1. The van der Waals surface area contributed by atoms with Crippen LogP contribution in [-0.4, -0.2) is 22.5 Å².